The smallest absolute Gasteiger partial charge is 0.314 e. The average molecular weight is 617 g/mol. The number of hydrogen-bond acceptors (Lipinski definition) is 10. The summed E-state index contributed by atoms with van der Waals surface area (Å²) in [6, 6.07) is 1.87. The average Bonchev–Trinajstić information content (AvgIpc) is 3.62. The normalized spacial score (nSPS) is 45.2. The van der Waals surface area contributed by atoms with Gasteiger partial charge in [0.1, 0.15) is 12.2 Å². The van der Waals surface area contributed by atoms with Gasteiger partial charge in [0.2, 0.25) is 0 Å². The monoisotopic (exact) mass is 616 g/mol. The van der Waals surface area contributed by atoms with E-state index < -0.39 is 87.8 Å². The Balaban J connectivity index is 1.75. The van der Waals surface area contributed by atoms with Gasteiger partial charge in [0.05, 0.1) is 49.3 Å². The quantitative estimate of drug-likeness (QED) is 0.244. The molecule has 10 heteroatoms. The molecule has 1 heterocycles. The van der Waals surface area contributed by atoms with Gasteiger partial charge in [0.15, 0.2) is 0 Å². The molecule has 244 valence electrons. The maximum Gasteiger partial charge on any atom is 0.314 e. The van der Waals surface area contributed by atoms with Gasteiger partial charge in [-0.2, -0.15) is 0 Å². The number of esters is 3. The third kappa shape index (κ3) is 4.19. The number of allylic oxidation sites excluding steroid dienone is 1. The van der Waals surface area contributed by atoms with Crippen LogP contribution in [0.2, 0.25) is 0 Å². The minimum absolute atomic E-state index is 0.0706. The third-order valence-corrected chi connectivity index (χ3v) is 12.6. The lowest BCUT2D eigenvalue weighted by Gasteiger charge is -2.70. The fourth-order valence-electron chi connectivity index (χ4n) is 10.1. The van der Waals surface area contributed by atoms with Crippen LogP contribution in [0.3, 0.4) is 0 Å². The van der Waals surface area contributed by atoms with Gasteiger partial charge in [0.25, 0.3) is 0 Å². The molecule has 0 unspecified atom stereocenters. The van der Waals surface area contributed by atoms with Crippen molar-refractivity contribution >= 4 is 17.9 Å². The molecule has 0 amide bonds. The summed E-state index contributed by atoms with van der Waals surface area (Å²) in [6.07, 6.45) is 0.888. The van der Waals surface area contributed by atoms with Crippen molar-refractivity contribution in [3.05, 3.63) is 35.8 Å². The SMILES string of the molecule is CC[C@@H](C)C(=O)O[C@H]1[C@H](O)[C@H]2[C@](C)(C3=CC[C@@H](c4ccoc4)[C@@]31C)[C@H](O)C[C@H]1[C@](C)(C(=O)OC)[C@H](O)C[C@H](OC(C)=O)[C@@]12C. The molecule has 3 saturated carbocycles. The van der Waals surface area contributed by atoms with Crippen LogP contribution >= 0.6 is 0 Å². The van der Waals surface area contributed by atoms with Gasteiger partial charge < -0.3 is 33.9 Å². The molecule has 44 heavy (non-hydrogen) atoms. The number of ether oxygens (including phenoxy) is 3. The molecule has 1 aromatic rings. The molecule has 3 fully saturated rings. The van der Waals surface area contributed by atoms with Gasteiger partial charge in [-0.1, -0.05) is 46.3 Å². The second kappa shape index (κ2) is 11.0. The molecular weight excluding hydrogens is 568 g/mol. The molecule has 1 aromatic heterocycles. The Hall–Kier alpha value is -2.69. The summed E-state index contributed by atoms with van der Waals surface area (Å²) in [4.78, 5) is 39.4. The number of carbonyl (C=O) groups excluding carboxylic acids is 3. The zero-order chi connectivity index (χ0) is 32.6. The molecule has 0 saturated heterocycles. The van der Waals surface area contributed by atoms with Gasteiger partial charge >= 0.3 is 17.9 Å². The van der Waals surface area contributed by atoms with Crippen LogP contribution < -0.4 is 0 Å². The maximum absolute atomic E-state index is 13.5. The first-order chi connectivity index (χ1) is 20.5. The Bertz CT molecular complexity index is 1320. The number of hydrogen-bond donors (Lipinski definition) is 3. The van der Waals surface area contributed by atoms with E-state index in [1.165, 1.54) is 14.0 Å². The molecule has 10 nitrogen and oxygen atoms in total. The largest absolute Gasteiger partial charge is 0.472 e. The highest BCUT2D eigenvalue weighted by Crippen LogP contribution is 2.74. The number of rotatable bonds is 6. The maximum atomic E-state index is 13.5. The van der Waals surface area contributed by atoms with Gasteiger partial charge in [-0.05, 0) is 43.7 Å². The Labute approximate surface area is 259 Å². The molecule has 4 aliphatic rings. The second-order valence-corrected chi connectivity index (χ2v) is 14.5. The van der Waals surface area contributed by atoms with Gasteiger partial charge in [-0.25, -0.2) is 0 Å². The Morgan fingerprint density at radius 1 is 1.05 bits per heavy atom. The summed E-state index contributed by atoms with van der Waals surface area (Å²) in [6.45, 7) is 12.4. The second-order valence-electron chi connectivity index (χ2n) is 14.5. The molecule has 0 aliphatic heterocycles. The lowest BCUT2D eigenvalue weighted by molar-refractivity contribution is -0.291. The predicted molar refractivity (Wildman–Crippen MR) is 158 cm³/mol. The highest BCUT2D eigenvalue weighted by Gasteiger charge is 2.77. The van der Waals surface area contributed by atoms with E-state index in [-0.39, 0.29) is 18.8 Å². The fourth-order valence-corrected chi connectivity index (χ4v) is 10.1. The molecule has 0 spiro atoms. The molecule has 0 bridgehead atoms. The highest BCUT2D eigenvalue weighted by atomic mass is 16.6. The minimum Gasteiger partial charge on any atom is -0.472 e. The Kier molecular flexibility index (Phi) is 8.16. The van der Waals surface area contributed by atoms with Crippen molar-refractivity contribution in [2.75, 3.05) is 7.11 Å². The van der Waals surface area contributed by atoms with E-state index >= 15 is 0 Å². The summed E-state index contributed by atoms with van der Waals surface area (Å²) < 4.78 is 22.9. The molecule has 5 rings (SSSR count). The molecule has 3 N–H and O–H groups in total. The van der Waals surface area contributed by atoms with Crippen molar-refractivity contribution in [2.45, 2.75) is 111 Å². The molecule has 13 atom stereocenters. The van der Waals surface area contributed by atoms with Gasteiger partial charge in [-0.15, -0.1) is 0 Å². The van der Waals surface area contributed by atoms with Crippen molar-refractivity contribution in [2.24, 2.45) is 39.4 Å². The summed E-state index contributed by atoms with van der Waals surface area (Å²) in [5.41, 5.74) is -2.88. The number of carbonyl (C=O) groups is 3. The first-order valence-electron chi connectivity index (χ1n) is 15.8. The Morgan fingerprint density at radius 3 is 2.30 bits per heavy atom. The first kappa shape index (κ1) is 32.7. The van der Waals surface area contributed by atoms with E-state index in [0.717, 1.165) is 11.1 Å². The van der Waals surface area contributed by atoms with E-state index in [1.807, 2.05) is 33.8 Å². The number of aliphatic hydroxyl groups is 3. The molecule has 4 aliphatic carbocycles. The minimum atomic E-state index is -1.48. The van der Waals surface area contributed by atoms with Crippen molar-refractivity contribution in [3.63, 3.8) is 0 Å². The summed E-state index contributed by atoms with van der Waals surface area (Å²) >= 11 is 0. The van der Waals surface area contributed by atoms with Crippen LogP contribution in [0.15, 0.2) is 34.7 Å². The summed E-state index contributed by atoms with van der Waals surface area (Å²) in [5.74, 6) is -3.88. The van der Waals surface area contributed by atoms with E-state index in [9.17, 15) is 29.7 Å². The number of furan rings is 1. The number of fused-ring (bicyclic) bond motifs is 5. The van der Waals surface area contributed by atoms with Crippen molar-refractivity contribution < 1.29 is 48.3 Å². The van der Waals surface area contributed by atoms with Crippen LogP contribution in [-0.4, -0.2) is 70.9 Å². The van der Waals surface area contributed by atoms with Crippen molar-refractivity contribution in [1.29, 1.82) is 0 Å². The lowest BCUT2D eigenvalue weighted by atomic mass is 9.35. The van der Waals surface area contributed by atoms with Crippen LogP contribution in [0.5, 0.6) is 0 Å². The topological polar surface area (TPSA) is 153 Å². The standard InChI is InChI=1S/C34H48O10/c1-9-17(2)29(39)44-28-26(38)27-32(5,21-11-10-20(31(21,28)4)19-12-13-42-16-19)23(36)14-22-33(6,30(40)41-8)24(37)15-25(34(22,27)7)43-18(3)35/h11-13,16-17,20,22-28,36-38H,9-10,14-15H2,1-8H3/t17-,20+,22+,23-,24-,25+,26-,27+,28+,31+,32-,33+,34-/m1/s1. The van der Waals surface area contributed by atoms with Crippen molar-refractivity contribution in [3.8, 4) is 0 Å². The van der Waals surface area contributed by atoms with E-state index in [2.05, 4.69) is 6.08 Å². The van der Waals surface area contributed by atoms with E-state index in [0.29, 0.717) is 12.8 Å². The van der Waals surface area contributed by atoms with E-state index in [1.54, 1.807) is 26.4 Å². The van der Waals surface area contributed by atoms with Crippen molar-refractivity contribution in [1.82, 2.24) is 0 Å². The van der Waals surface area contributed by atoms with Gasteiger partial charge in [0, 0.05) is 41.4 Å². The van der Waals surface area contributed by atoms with E-state index in [4.69, 9.17) is 18.6 Å². The Morgan fingerprint density at radius 2 is 1.73 bits per heavy atom. The zero-order valence-corrected chi connectivity index (χ0v) is 27.0. The summed E-state index contributed by atoms with van der Waals surface area (Å²) in [5, 5.41) is 36.4. The zero-order valence-electron chi connectivity index (χ0n) is 27.0. The molecule has 0 radical (unpaired) electrons. The summed E-state index contributed by atoms with van der Waals surface area (Å²) in [7, 11) is 1.25. The van der Waals surface area contributed by atoms with Crippen LogP contribution in [-0.2, 0) is 28.6 Å². The van der Waals surface area contributed by atoms with Crippen LogP contribution in [0.1, 0.15) is 85.6 Å². The third-order valence-electron chi connectivity index (χ3n) is 12.6. The van der Waals surface area contributed by atoms with Crippen LogP contribution in [0.25, 0.3) is 0 Å². The molecule has 0 aromatic carbocycles. The first-order valence-corrected chi connectivity index (χ1v) is 15.8. The van der Waals surface area contributed by atoms with Crippen LogP contribution in [0.4, 0.5) is 0 Å². The molecular formula is C34H48O10. The predicted octanol–water partition coefficient (Wildman–Crippen LogP) is 3.92. The van der Waals surface area contributed by atoms with Gasteiger partial charge in [-0.3, -0.25) is 14.4 Å². The fraction of sp³-hybridized carbons (Fsp3) is 0.735. The highest BCUT2D eigenvalue weighted by molar-refractivity contribution is 5.78. The van der Waals surface area contributed by atoms with Crippen LogP contribution in [0, 0.1) is 39.4 Å². The lowest BCUT2D eigenvalue weighted by Crippen LogP contribution is -2.76. The number of aliphatic hydroxyl groups excluding tert-OH is 3. The number of methoxy groups -OCH3 is 1.